The van der Waals surface area contributed by atoms with Crippen LogP contribution in [0.5, 0.6) is 5.75 Å². The molecule has 1 N–H and O–H groups in total. The number of amides is 1. The normalized spacial score (nSPS) is 10.8. The maximum atomic E-state index is 12.7. The standard InChI is InChI=1S/C16H26N2O4/c1-6-7-8-18-13(10-21-4)14(22-5)9-12(16(18)20)15(19)17-11(2)3/h9,11H,6-8,10H2,1-5H3,(H,17,19). The van der Waals surface area contributed by atoms with E-state index in [2.05, 4.69) is 5.32 Å². The average Bonchev–Trinajstić information content (AvgIpc) is 2.46. The first-order valence-electron chi connectivity index (χ1n) is 7.56. The van der Waals surface area contributed by atoms with E-state index >= 15 is 0 Å². The van der Waals surface area contributed by atoms with Crippen molar-refractivity contribution in [1.29, 1.82) is 0 Å². The number of hydrogen-bond donors (Lipinski definition) is 1. The number of ether oxygens (including phenoxy) is 2. The highest BCUT2D eigenvalue weighted by molar-refractivity contribution is 5.94. The van der Waals surface area contributed by atoms with Crippen LogP contribution in [0.1, 0.15) is 49.7 Å². The Balaban J connectivity index is 3.41. The zero-order valence-electron chi connectivity index (χ0n) is 14.1. The molecule has 0 atom stereocenters. The van der Waals surface area contributed by atoms with E-state index in [1.54, 1.807) is 11.7 Å². The number of nitrogens with zero attached hydrogens (tertiary/aromatic N) is 1. The van der Waals surface area contributed by atoms with Crippen LogP contribution in [0.15, 0.2) is 10.9 Å². The second-order valence-electron chi connectivity index (χ2n) is 5.44. The molecule has 1 aromatic heterocycles. The first-order valence-corrected chi connectivity index (χ1v) is 7.56. The molecule has 0 aliphatic heterocycles. The summed E-state index contributed by atoms with van der Waals surface area (Å²) in [4.78, 5) is 24.9. The summed E-state index contributed by atoms with van der Waals surface area (Å²) in [6, 6.07) is 1.46. The predicted octanol–water partition coefficient (Wildman–Crippen LogP) is 1.94. The monoisotopic (exact) mass is 310 g/mol. The Bertz CT molecular complexity index is 564. The molecule has 1 rings (SSSR count). The summed E-state index contributed by atoms with van der Waals surface area (Å²) in [5, 5.41) is 2.75. The molecule has 22 heavy (non-hydrogen) atoms. The van der Waals surface area contributed by atoms with E-state index in [0.29, 0.717) is 18.0 Å². The molecule has 124 valence electrons. The third kappa shape index (κ3) is 4.34. The summed E-state index contributed by atoms with van der Waals surface area (Å²) in [5.74, 6) is 0.110. The number of carbonyl (C=O) groups excluding carboxylic acids is 1. The fraction of sp³-hybridized carbons (Fsp3) is 0.625. The fourth-order valence-electron chi connectivity index (χ4n) is 2.19. The molecule has 6 heteroatoms. The molecular weight excluding hydrogens is 284 g/mol. The van der Waals surface area contributed by atoms with Crippen molar-refractivity contribution in [1.82, 2.24) is 9.88 Å². The Kier molecular flexibility index (Phi) is 7.11. The van der Waals surface area contributed by atoms with Crippen LogP contribution in [0, 0.1) is 0 Å². The summed E-state index contributed by atoms with van der Waals surface area (Å²) in [6.45, 7) is 6.54. The molecule has 0 radical (unpaired) electrons. The van der Waals surface area contributed by atoms with Crippen LogP contribution in [0.3, 0.4) is 0 Å². The molecule has 1 amide bonds. The molecule has 1 aromatic rings. The van der Waals surface area contributed by atoms with Crippen molar-refractivity contribution >= 4 is 5.91 Å². The number of pyridine rings is 1. The lowest BCUT2D eigenvalue weighted by atomic mass is 10.2. The fourth-order valence-corrected chi connectivity index (χ4v) is 2.19. The zero-order valence-corrected chi connectivity index (χ0v) is 14.1. The maximum Gasteiger partial charge on any atom is 0.263 e. The van der Waals surface area contributed by atoms with Gasteiger partial charge in [0.1, 0.15) is 11.3 Å². The minimum atomic E-state index is -0.382. The van der Waals surface area contributed by atoms with Gasteiger partial charge in [-0.3, -0.25) is 9.59 Å². The molecule has 0 fully saturated rings. The lowest BCUT2D eigenvalue weighted by Crippen LogP contribution is -2.37. The van der Waals surface area contributed by atoms with Gasteiger partial charge in [0, 0.05) is 25.8 Å². The summed E-state index contributed by atoms with van der Waals surface area (Å²) in [5.41, 5.74) is 0.450. The van der Waals surface area contributed by atoms with Crippen molar-refractivity contribution in [3.63, 3.8) is 0 Å². The molecule has 6 nitrogen and oxygen atoms in total. The van der Waals surface area contributed by atoms with Gasteiger partial charge in [-0.05, 0) is 20.3 Å². The quantitative estimate of drug-likeness (QED) is 0.796. The largest absolute Gasteiger partial charge is 0.495 e. The second kappa shape index (κ2) is 8.58. The first-order chi connectivity index (χ1) is 10.5. The molecule has 0 aromatic carbocycles. The molecule has 0 spiro atoms. The number of unbranched alkanes of at least 4 members (excludes halogenated alkanes) is 1. The number of methoxy groups -OCH3 is 2. The van der Waals surface area contributed by atoms with Crippen LogP contribution in [-0.4, -0.2) is 30.7 Å². The molecule has 0 unspecified atom stereocenters. The molecular formula is C16H26N2O4. The van der Waals surface area contributed by atoms with Gasteiger partial charge in [-0.25, -0.2) is 0 Å². The third-order valence-electron chi connectivity index (χ3n) is 3.26. The van der Waals surface area contributed by atoms with Gasteiger partial charge in [-0.2, -0.15) is 0 Å². The van der Waals surface area contributed by atoms with E-state index in [4.69, 9.17) is 9.47 Å². The van der Waals surface area contributed by atoms with Crippen molar-refractivity contribution in [2.75, 3.05) is 14.2 Å². The molecule has 0 saturated heterocycles. The number of hydrogen-bond acceptors (Lipinski definition) is 4. The third-order valence-corrected chi connectivity index (χ3v) is 3.26. The zero-order chi connectivity index (χ0) is 16.7. The molecule has 0 bridgehead atoms. The highest BCUT2D eigenvalue weighted by Gasteiger charge is 2.20. The van der Waals surface area contributed by atoms with Gasteiger partial charge in [0.25, 0.3) is 11.5 Å². The van der Waals surface area contributed by atoms with E-state index in [1.807, 2.05) is 20.8 Å². The van der Waals surface area contributed by atoms with Crippen LogP contribution < -0.4 is 15.6 Å². The number of carbonyl (C=O) groups is 1. The van der Waals surface area contributed by atoms with E-state index in [-0.39, 0.29) is 29.7 Å². The van der Waals surface area contributed by atoms with Crippen LogP contribution in [-0.2, 0) is 17.9 Å². The van der Waals surface area contributed by atoms with E-state index in [0.717, 1.165) is 12.8 Å². The van der Waals surface area contributed by atoms with E-state index in [9.17, 15) is 9.59 Å². The predicted molar refractivity (Wildman–Crippen MR) is 85.5 cm³/mol. The van der Waals surface area contributed by atoms with Crippen molar-refractivity contribution in [2.45, 2.75) is 52.8 Å². The van der Waals surface area contributed by atoms with Crippen molar-refractivity contribution in [3.8, 4) is 5.75 Å². The molecule has 0 aliphatic carbocycles. The number of nitrogens with one attached hydrogen (secondary N) is 1. The summed E-state index contributed by atoms with van der Waals surface area (Å²) < 4.78 is 12.1. The van der Waals surface area contributed by atoms with Crippen LogP contribution in [0.2, 0.25) is 0 Å². The summed E-state index contributed by atoms with van der Waals surface area (Å²) in [7, 11) is 3.08. The molecule has 0 saturated carbocycles. The second-order valence-corrected chi connectivity index (χ2v) is 5.44. The van der Waals surface area contributed by atoms with E-state index in [1.165, 1.54) is 13.2 Å². The Morgan fingerprint density at radius 2 is 2.05 bits per heavy atom. The maximum absolute atomic E-state index is 12.7. The SMILES string of the molecule is CCCCn1c(COC)c(OC)cc(C(=O)NC(C)C)c1=O. The van der Waals surface area contributed by atoms with Crippen molar-refractivity contribution in [2.24, 2.45) is 0 Å². The highest BCUT2D eigenvalue weighted by Crippen LogP contribution is 2.19. The topological polar surface area (TPSA) is 69.6 Å². The lowest BCUT2D eigenvalue weighted by Gasteiger charge is -2.18. The van der Waals surface area contributed by atoms with Gasteiger partial charge in [0.2, 0.25) is 0 Å². The van der Waals surface area contributed by atoms with Crippen LogP contribution in [0.4, 0.5) is 0 Å². The Morgan fingerprint density at radius 1 is 1.36 bits per heavy atom. The summed E-state index contributed by atoms with van der Waals surface area (Å²) in [6.07, 6.45) is 1.79. The van der Waals surface area contributed by atoms with Gasteiger partial charge in [0.05, 0.1) is 19.4 Å². The first kappa shape index (κ1) is 18.2. The van der Waals surface area contributed by atoms with Crippen molar-refractivity contribution < 1.29 is 14.3 Å². The smallest absolute Gasteiger partial charge is 0.263 e. The van der Waals surface area contributed by atoms with E-state index < -0.39 is 0 Å². The molecule has 1 heterocycles. The summed E-state index contributed by atoms with van der Waals surface area (Å²) >= 11 is 0. The highest BCUT2D eigenvalue weighted by atomic mass is 16.5. The van der Waals surface area contributed by atoms with Crippen molar-refractivity contribution in [3.05, 3.63) is 27.7 Å². The Morgan fingerprint density at radius 3 is 2.55 bits per heavy atom. The van der Waals surface area contributed by atoms with Gasteiger partial charge in [-0.15, -0.1) is 0 Å². The molecule has 0 aliphatic rings. The minimum absolute atomic E-state index is 0.0411. The van der Waals surface area contributed by atoms with Crippen LogP contribution in [0.25, 0.3) is 0 Å². The average molecular weight is 310 g/mol. The minimum Gasteiger partial charge on any atom is -0.495 e. The van der Waals surface area contributed by atoms with Crippen LogP contribution >= 0.6 is 0 Å². The van der Waals surface area contributed by atoms with Gasteiger partial charge in [0.15, 0.2) is 0 Å². The van der Waals surface area contributed by atoms with Gasteiger partial charge in [-0.1, -0.05) is 13.3 Å². The number of rotatable bonds is 8. The van der Waals surface area contributed by atoms with Gasteiger partial charge >= 0.3 is 0 Å². The Labute approximate surface area is 131 Å². The Hall–Kier alpha value is -1.82. The van der Waals surface area contributed by atoms with Gasteiger partial charge < -0.3 is 19.4 Å². The number of aromatic nitrogens is 1. The lowest BCUT2D eigenvalue weighted by molar-refractivity contribution is 0.0940.